The zero-order valence-corrected chi connectivity index (χ0v) is 21.8. The van der Waals surface area contributed by atoms with E-state index in [1.807, 2.05) is 42.5 Å². The van der Waals surface area contributed by atoms with Gasteiger partial charge in [-0.25, -0.2) is 4.98 Å². The van der Waals surface area contributed by atoms with Crippen molar-refractivity contribution in [2.45, 2.75) is 75.8 Å². The summed E-state index contributed by atoms with van der Waals surface area (Å²) in [7, 11) is 0. The van der Waals surface area contributed by atoms with Crippen LogP contribution in [0.1, 0.15) is 84.9 Å². The Bertz CT molecular complexity index is 1390. The quantitative estimate of drug-likeness (QED) is 0.404. The minimum Gasteiger partial charge on any atom is -0.349 e. The lowest BCUT2D eigenvalue weighted by Crippen LogP contribution is -2.59. The fourth-order valence-corrected chi connectivity index (χ4v) is 9.31. The third kappa shape index (κ3) is 3.87. The van der Waals surface area contributed by atoms with E-state index in [1.165, 1.54) is 38.5 Å². The molecule has 38 heavy (non-hydrogen) atoms. The van der Waals surface area contributed by atoms with Gasteiger partial charge in [-0.05, 0) is 118 Å². The smallest absolute Gasteiger partial charge is 0.251 e. The van der Waals surface area contributed by atoms with E-state index in [1.54, 1.807) is 0 Å². The summed E-state index contributed by atoms with van der Waals surface area (Å²) >= 11 is 0. The normalized spacial score (nSPS) is 34.6. The first-order valence-electron chi connectivity index (χ1n) is 14.7. The largest absolute Gasteiger partial charge is 0.349 e. The zero-order valence-electron chi connectivity index (χ0n) is 21.8. The number of amides is 2. The number of carbonyl (C=O) groups is 2. The summed E-state index contributed by atoms with van der Waals surface area (Å²) in [6.07, 6.45) is 12.6. The van der Waals surface area contributed by atoms with Crippen molar-refractivity contribution in [3.8, 4) is 11.4 Å². The van der Waals surface area contributed by atoms with E-state index in [4.69, 9.17) is 4.98 Å². The summed E-state index contributed by atoms with van der Waals surface area (Å²) in [5.74, 6) is 4.68. The van der Waals surface area contributed by atoms with E-state index in [9.17, 15) is 9.59 Å². The first-order chi connectivity index (χ1) is 18.5. The van der Waals surface area contributed by atoms with Crippen LogP contribution >= 0.6 is 0 Å². The van der Waals surface area contributed by atoms with Gasteiger partial charge in [0.15, 0.2) is 0 Å². The highest BCUT2D eigenvalue weighted by molar-refractivity contribution is 5.98. The summed E-state index contributed by atoms with van der Waals surface area (Å²) in [4.78, 5) is 34.3. The van der Waals surface area contributed by atoms with E-state index in [0.29, 0.717) is 23.1 Å². The third-order valence-corrected chi connectivity index (χ3v) is 10.6. The molecular formula is C32H36N4O2. The van der Waals surface area contributed by atoms with Crippen LogP contribution in [0.2, 0.25) is 0 Å². The predicted octanol–water partition coefficient (Wildman–Crippen LogP) is 5.85. The number of imidazole rings is 1. The van der Waals surface area contributed by atoms with Gasteiger partial charge in [0.25, 0.3) is 11.8 Å². The minimum atomic E-state index is 0.00314. The molecule has 1 aromatic heterocycles. The number of fused-ring (bicyclic) bond motifs is 3. The van der Waals surface area contributed by atoms with Gasteiger partial charge in [0.2, 0.25) is 0 Å². The van der Waals surface area contributed by atoms with E-state index >= 15 is 0 Å². The highest BCUT2D eigenvalue weighted by Gasteiger charge is 2.51. The Morgan fingerprint density at radius 3 is 2.16 bits per heavy atom. The van der Waals surface area contributed by atoms with Gasteiger partial charge in [-0.1, -0.05) is 18.6 Å². The average molecular weight is 509 g/mol. The van der Waals surface area contributed by atoms with Gasteiger partial charge in [0.05, 0.1) is 11.0 Å². The lowest BCUT2D eigenvalue weighted by Gasteiger charge is -2.56. The molecule has 3 atom stereocenters. The summed E-state index contributed by atoms with van der Waals surface area (Å²) in [5.41, 5.74) is 4.00. The maximum atomic E-state index is 13.2. The molecule has 0 radical (unpaired) electrons. The molecule has 6 aliphatic carbocycles. The second kappa shape index (κ2) is 8.42. The number of benzene rings is 2. The summed E-state index contributed by atoms with van der Waals surface area (Å²) in [5, 5.41) is 6.75. The van der Waals surface area contributed by atoms with Crippen LogP contribution in [0.5, 0.6) is 0 Å². The van der Waals surface area contributed by atoms with E-state index in [2.05, 4.69) is 15.6 Å². The molecule has 6 heteroatoms. The van der Waals surface area contributed by atoms with Gasteiger partial charge in [-0.2, -0.15) is 0 Å². The molecule has 2 amide bonds. The minimum absolute atomic E-state index is 0.00314. The monoisotopic (exact) mass is 508 g/mol. The average Bonchev–Trinajstić information content (AvgIpc) is 3.63. The van der Waals surface area contributed by atoms with Crippen LogP contribution in [0.25, 0.3) is 22.4 Å². The van der Waals surface area contributed by atoms with Gasteiger partial charge in [-0.3, -0.25) is 9.59 Å². The summed E-state index contributed by atoms with van der Waals surface area (Å²) in [6.45, 7) is 0. The van der Waals surface area contributed by atoms with Crippen molar-refractivity contribution in [3.05, 3.63) is 53.6 Å². The van der Waals surface area contributed by atoms with Crippen LogP contribution in [0, 0.1) is 29.6 Å². The van der Waals surface area contributed by atoms with Crippen molar-refractivity contribution in [2.24, 2.45) is 29.6 Å². The highest BCUT2D eigenvalue weighted by Crippen LogP contribution is 2.55. The molecule has 2 aromatic carbocycles. The molecule has 3 aromatic rings. The van der Waals surface area contributed by atoms with Crippen molar-refractivity contribution >= 4 is 22.8 Å². The third-order valence-electron chi connectivity index (χ3n) is 10.6. The van der Waals surface area contributed by atoms with E-state index in [0.717, 1.165) is 71.8 Å². The lowest BCUT2D eigenvalue weighted by molar-refractivity contribution is -0.0167. The number of hydrogen-bond donors (Lipinski definition) is 3. The maximum Gasteiger partial charge on any atom is 0.251 e. The Kier molecular flexibility index (Phi) is 5.05. The van der Waals surface area contributed by atoms with E-state index < -0.39 is 0 Å². The highest BCUT2D eigenvalue weighted by atomic mass is 16.2. The standard InChI is InChI=1S/C32H36N4O2/c37-30(35-27-13-18-1-2-24(27)12-18)25-7-8-26-28(14-25)34-29(33-26)22-3-5-23(6-4-22)31(38)36-32-15-19-9-20(16-32)11-21(10-19)17-32/h3-8,14,18-21,24,27H,1-2,9-13,15-17H2,(H,33,34)(H,35,37)(H,36,38). The van der Waals surface area contributed by atoms with Crippen LogP contribution in [0.3, 0.4) is 0 Å². The van der Waals surface area contributed by atoms with Crippen LogP contribution < -0.4 is 10.6 Å². The van der Waals surface area contributed by atoms with Crippen LogP contribution in [-0.4, -0.2) is 33.4 Å². The second-order valence-electron chi connectivity index (χ2n) is 13.3. The molecule has 3 unspecified atom stereocenters. The number of rotatable bonds is 5. The number of hydrogen-bond acceptors (Lipinski definition) is 3. The lowest BCUT2D eigenvalue weighted by atomic mass is 9.53. The second-order valence-corrected chi connectivity index (χ2v) is 13.3. The van der Waals surface area contributed by atoms with Crippen molar-refractivity contribution < 1.29 is 9.59 Å². The predicted molar refractivity (Wildman–Crippen MR) is 147 cm³/mol. The number of nitrogens with zero attached hydrogens (tertiary/aromatic N) is 1. The molecule has 6 fully saturated rings. The number of nitrogens with one attached hydrogen (secondary N) is 3. The van der Waals surface area contributed by atoms with Crippen LogP contribution in [-0.2, 0) is 0 Å². The van der Waals surface area contributed by atoms with Gasteiger partial charge in [0.1, 0.15) is 5.82 Å². The molecule has 6 nitrogen and oxygen atoms in total. The molecular weight excluding hydrogens is 472 g/mol. The molecule has 0 spiro atoms. The van der Waals surface area contributed by atoms with Gasteiger partial charge in [0, 0.05) is 28.3 Å². The van der Waals surface area contributed by atoms with Gasteiger partial charge >= 0.3 is 0 Å². The molecule has 196 valence electrons. The van der Waals surface area contributed by atoms with Gasteiger partial charge in [-0.15, -0.1) is 0 Å². The van der Waals surface area contributed by atoms with Crippen molar-refractivity contribution in [1.29, 1.82) is 0 Å². The first-order valence-corrected chi connectivity index (χ1v) is 14.7. The SMILES string of the molecule is O=C(NC1CC2CCC1C2)c1ccc2[nH]c(-c3ccc(C(=O)NC45CC6CC(CC(C6)C4)C5)cc3)nc2c1. The molecule has 6 aliphatic rings. The Labute approximate surface area is 223 Å². The Morgan fingerprint density at radius 2 is 1.50 bits per heavy atom. The number of H-pyrrole nitrogens is 1. The summed E-state index contributed by atoms with van der Waals surface area (Å²) in [6, 6.07) is 13.8. The molecule has 9 rings (SSSR count). The fraction of sp³-hybridized carbons (Fsp3) is 0.531. The first kappa shape index (κ1) is 22.8. The molecule has 1 heterocycles. The zero-order chi connectivity index (χ0) is 25.4. The van der Waals surface area contributed by atoms with Gasteiger partial charge < -0.3 is 15.6 Å². The van der Waals surface area contributed by atoms with Crippen molar-refractivity contribution in [2.75, 3.05) is 0 Å². The fourth-order valence-electron chi connectivity index (χ4n) is 9.31. The number of carbonyl (C=O) groups excluding carboxylic acids is 2. The summed E-state index contributed by atoms with van der Waals surface area (Å²) < 4.78 is 0. The molecule has 0 aliphatic heterocycles. The molecule has 0 saturated heterocycles. The van der Waals surface area contributed by atoms with Crippen molar-refractivity contribution in [3.63, 3.8) is 0 Å². The maximum absolute atomic E-state index is 13.2. The Morgan fingerprint density at radius 1 is 0.789 bits per heavy atom. The van der Waals surface area contributed by atoms with E-state index in [-0.39, 0.29) is 17.4 Å². The van der Waals surface area contributed by atoms with Crippen LogP contribution in [0.4, 0.5) is 0 Å². The molecule has 6 bridgehead atoms. The molecule has 6 saturated carbocycles. The topological polar surface area (TPSA) is 86.9 Å². The number of aromatic nitrogens is 2. The van der Waals surface area contributed by atoms with Crippen LogP contribution in [0.15, 0.2) is 42.5 Å². The molecule has 3 N–H and O–H groups in total. The van der Waals surface area contributed by atoms with Crippen molar-refractivity contribution in [1.82, 2.24) is 20.6 Å². The Hall–Kier alpha value is -3.15. The number of aromatic amines is 1. The Balaban J connectivity index is 0.965.